The van der Waals surface area contributed by atoms with E-state index in [9.17, 15) is 14.7 Å². The van der Waals surface area contributed by atoms with Crippen LogP contribution in [0, 0.1) is 39.9 Å². The number of carbonyl (C=O) groups excluding carboxylic acids is 1. The number of allylic oxidation sites excluding steroid dienone is 1. The van der Waals surface area contributed by atoms with Crippen LogP contribution in [0.3, 0.4) is 0 Å². The number of cyclic esters (lactones) is 1. The van der Waals surface area contributed by atoms with E-state index in [-0.39, 0.29) is 34.2 Å². The number of ether oxygens (including phenoxy) is 1. The van der Waals surface area contributed by atoms with Crippen LogP contribution in [0.2, 0.25) is 0 Å². The lowest BCUT2D eigenvalue weighted by molar-refractivity contribution is -0.181. The molecule has 3 saturated carbocycles. The summed E-state index contributed by atoms with van der Waals surface area (Å²) in [6.07, 6.45) is 9.34. The Labute approximate surface area is 188 Å². The number of esters is 1. The van der Waals surface area contributed by atoms with Gasteiger partial charge in [0, 0.05) is 18.8 Å². The molecule has 0 bridgehead atoms. The molecule has 0 unspecified atom stereocenters. The van der Waals surface area contributed by atoms with Gasteiger partial charge >= 0.3 is 11.9 Å². The van der Waals surface area contributed by atoms with Crippen molar-refractivity contribution in [3.8, 4) is 0 Å². The maximum Gasteiger partial charge on any atom is 0.306 e. The molecule has 3 aliphatic carbocycles. The summed E-state index contributed by atoms with van der Waals surface area (Å²) in [5.74, 6) is 1.22. The molecule has 4 aliphatic rings. The summed E-state index contributed by atoms with van der Waals surface area (Å²) in [4.78, 5) is 23.5. The third-order valence-electron chi connectivity index (χ3n) is 11.1. The summed E-state index contributed by atoms with van der Waals surface area (Å²) in [6.45, 7) is 16.0. The van der Waals surface area contributed by atoms with Gasteiger partial charge in [-0.1, -0.05) is 32.9 Å². The highest BCUT2D eigenvalue weighted by Gasteiger charge is 2.68. The van der Waals surface area contributed by atoms with Crippen molar-refractivity contribution in [2.45, 2.75) is 104 Å². The average Bonchev–Trinajstić information content (AvgIpc) is 3.21. The summed E-state index contributed by atoms with van der Waals surface area (Å²) in [7, 11) is 0. The van der Waals surface area contributed by atoms with Gasteiger partial charge in [0.05, 0.1) is 0 Å². The summed E-state index contributed by atoms with van der Waals surface area (Å²) in [5, 5.41) is 9.49. The van der Waals surface area contributed by atoms with Crippen LogP contribution in [0.15, 0.2) is 12.2 Å². The van der Waals surface area contributed by atoms with E-state index in [1.54, 1.807) is 0 Å². The average molecular weight is 431 g/mol. The lowest BCUT2D eigenvalue weighted by atomic mass is 9.38. The Balaban J connectivity index is 1.68. The Morgan fingerprint density at radius 3 is 2.29 bits per heavy atom. The van der Waals surface area contributed by atoms with E-state index in [4.69, 9.17) is 4.74 Å². The second kappa shape index (κ2) is 7.35. The highest BCUT2D eigenvalue weighted by atomic mass is 16.6. The fraction of sp³-hybridized carbons (Fsp3) is 0.852. The molecule has 4 fully saturated rings. The normalized spacial score (nSPS) is 49.3. The van der Waals surface area contributed by atoms with Crippen LogP contribution in [0.5, 0.6) is 0 Å². The molecule has 4 rings (SSSR count). The molecule has 4 heteroatoms. The van der Waals surface area contributed by atoms with Gasteiger partial charge in [0.1, 0.15) is 5.60 Å². The maximum absolute atomic E-state index is 12.0. The van der Waals surface area contributed by atoms with Crippen molar-refractivity contribution in [3.63, 3.8) is 0 Å². The van der Waals surface area contributed by atoms with Gasteiger partial charge in [-0.15, -0.1) is 0 Å². The SMILES string of the molecule is C=C(C)[C@H]1CC[C@@]2(C)[C@@H](CC[C@H]3[C@H]([C@@]4(C)CCC(=O)O4)CC[C@@]32C)[C@]1(C)CCC(=O)O. The highest BCUT2D eigenvalue weighted by Crippen LogP contribution is 2.74. The number of rotatable bonds is 5. The first-order valence-electron chi connectivity index (χ1n) is 12.5. The van der Waals surface area contributed by atoms with Crippen molar-refractivity contribution < 1.29 is 19.4 Å². The first-order valence-corrected chi connectivity index (χ1v) is 12.5. The Morgan fingerprint density at radius 2 is 1.71 bits per heavy atom. The molecule has 174 valence electrons. The molecule has 0 aromatic rings. The van der Waals surface area contributed by atoms with E-state index in [0.29, 0.717) is 30.1 Å². The first kappa shape index (κ1) is 22.9. The van der Waals surface area contributed by atoms with Crippen LogP contribution in [0.4, 0.5) is 0 Å². The predicted octanol–water partition coefficient (Wildman–Crippen LogP) is 6.39. The Hall–Kier alpha value is -1.32. The smallest absolute Gasteiger partial charge is 0.306 e. The van der Waals surface area contributed by atoms with Gasteiger partial charge in [0.25, 0.3) is 0 Å². The second-order valence-electron chi connectivity index (χ2n) is 12.3. The standard InChI is InChI=1S/C27H42O4/c1-17(2)18-9-15-26(5)21(24(18,3)13-11-22(28)29)8-7-19-20(10-14-25(19,26)4)27(6)16-12-23(30)31-27/h18-21H,1,7-16H2,2-6H3,(H,28,29)/t18-,19+,20-,21+,24-,25+,26+,27-/m1/s1. The minimum atomic E-state index is -0.689. The summed E-state index contributed by atoms with van der Waals surface area (Å²) >= 11 is 0. The largest absolute Gasteiger partial charge is 0.481 e. The highest BCUT2D eigenvalue weighted by molar-refractivity contribution is 5.72. The number of hydrogen-bond acceptors (Lipinski definition) is 3. The van der Waals surface area contributed by atoms with Gasteiger partial charge in [-0.25, -0.2) is 0 Å². The van der Waals surface area contributed by atoms with Crippen LogP contribution in [0.25, 0.3) is 0 Å². The number of carboxylic acids is 1. The van der Waals surface area contributed by atoms with E-state index in [0.717, 1.165) is 32.1 Å². The minimum Gasteiger partial charge on any atom is -0.481 e. The number of carbonyl (C=O) groups is 2. The molecule has 0 amide bonds. The lowest BCUT2D eigenvalue weighted by Gasteiger charge is -2.66. The Kier molecular flexibility index (Phi) is 5.42. The molecular formula is C27H42O4. The number of aliphatic carboxylic acids is 1. The molecule has 0 radical (unpaired) electrons. The Morgan fingerprint density at radius 1 is 1.03 bits per heavy atom. The van der Waals surface area contributed by atoms with Crippen LogP contribution >= 0.6 is 0 Å². The van der Waals surface area contributed by atoms with Crippen LogP contribution in [-0.4, -0.2) is 22.6 Å². The maximum atomic E-state index is 12.0. The van der Waals surface area contributed by atoms with Gasteiger partial charge in [-0.2, -0.15) is 0 Å². The van der Waals surface area contributed by atoms with Gasteiger partial charge in [0.15, 0.2) is 0 Å². The first-order chi connectivity index (χ1) is 14.4. The van der Waals surface area contributed by atoms with Crippen molar-refractivity contribution in [2.24, 2.45) is 39.9 Å². The molecule has 1 heterocycles. The fourth-order valence-electron chi connectivity index (χ4n) is 9.35. The van der Waals surface area contributed by atoms with E-state index >= 15 is 0 Å². The van der Waals surface area contributed by atoms with E-state index in [1.165, 1.54) is 24.8 Å². The molecule has 1 saturated heterocycles. The fourth-order valence-corrected chi connectivity index (χ4v) is 9.35. The van der Waals surface area contributed by atoms with Crippen molar-refractivity contribution in [3.05, 3.63) is 12.2 Å². The van der Waals surface area contributed by atoms with Gasteiger partial charge in [-0.05, 0) is 99.2 Å². The third kappa shape index (κ3) is 3.22. The molecule has 0 aromatic heterocycles. The zero-order valence-electron chi connectivity index (χ0n) is 20.3. The third-order valence-corrected chi connectivity index (χ3v) is 11.1. The van der Waals surface area contributed by atoms with Gasteiger partial charge < -0.3 is 9.84 Å². The number of fused-ring (bicyclic) bond motifs is 3. The zero-order valence-corrected chi connectivity index (χ0v) is 20.3. The van der Waals surface area contributed by atoms with Crippen molar-refractivity contribution in [1.82, 2.24) is 0 Å². The molecule has 1 aliphatic heterocycles. The van der Waals surface area contributed by atoms with Crippen molar-refractivity contribution in [2.75, 3.05) is 0 Å². The van der Waals surface area contributed by atoms with Crippen molar-refractivity contribution >= 4 is 11.9 Å². The topological polar surface area (TPSA) is 63.6 Å². The van der Waals surface area contributed by atoms with Gasteiger partial charge in [0.2, 0.25) is 0 Å². The molecule has 0 aromatic carbocycles. The zero-order chi connectivity index (χ0) is 22.8. The van der Waals surface area contributed by atoms with E-state index in [1.807, 2.05) is 0 Å². The van der Waals surface area contributed by atoms with E-state index < -0.39 is 5.97 Å². The molecule has 1 N–H and O–H groups in total. The molecule has 0 spiro atoms. The van der Waals surface area contributed by atoms with Crippen molar-refractivity contribution in [1.29, 1.82) is 0 Å². The van der Waals surface area contributed by atoms with Crippen LogP contribution < -0.4 is 0 Å². The van der Waals surface area contributed by atoms with Crippen LogP contribution in [-0.2, 0) is 14.3 Å². The monoisotopic (exact) mass is 430 g/mol. The van der Waals surface area contributed by atoms with E-state index in [2.05, 4.69) is 41.2 Å². The molecule has 8 atom stereocenters. The molecule has 4 nitrogen and oxygen atoms in total. The molecular weight excluding hydrogens is 388 g/mol. The summed E-state index contributed by atoms with van der Waals surface area (Å²) in [5.41, 5.74) is 1.29. The number of carboxylic acid groups (broad SMARTS) is 1. The second-order valence-corrected chi connectivity index (χ2v) is 12.3. The lowest BCUT2D eigenvalue weighted by Crippen LogP contribution is -2.60. The summed E-state index contributed by atoms with van der Waals surface area (Å²) in [6, 6.07) is 0. The number of hydrogen-bond donors (Lipinski definition) is 1. The minimum absolute atomic E-state index is 0.0208. The summed E-state index contributed by atoms with van der Waals surface area (Å²) < 4.78 is 5.93. The van der Waals surface area contributed by atoms with Gasteiger partial charge in [-0.3, -0.25) is 9.59 Å². The van der Waals surface area contributed by atoms with Crippen LogP contribution in [0.1, 0.15) is 98.8 Å². The Bertz CT molecular complexity index is 788. The quantitative estimate of drug-likeness (QED) is 0.405. The molecule has 31 heavy (non-hydrogen) atoms. The predicted molar refractivity (Wildman–Crippen MR) is 121 cm³/mol.